The highest BCUT2D eigenvalue weighted by Crippen LogP contribution is 2.24. The topological polar surface area (TPSA) is 129 Å². The first kappa shape index (κ1) is 22.9. The lowest BCUT2D eigenvalue weighted by molar-refractivity contribution is -0.155. The van der Waals surface area contributed by atoms with Gasteiger partial charge in [0, 0.05) is 5.69 Å². The minimum atomic E-state index is -1.14. The van der Waals surface area contributed by atoms with E-state index in [1.54, 1.807) is 31.2 Å². The Kier molecular flexibility index (Phi) is 7.16. The minimum absolute atomic E-state index is 0.362. The van der Waals surface area contributed by atoms with Crippen LogP contribution in [0, 0.1) is 17.2 Å². The third-order valence-electron chi connectivity index (χ3n) is 4.81. The summed E-state index contributed by atoms with van der Waals surface area (Å²) in [5.41, 5.74) is -0.168. The summed E-state index contributed by atoms with van der Waals surface area (Å²) in [4.78, 5) is 50.0. The van der Waals surface area contributed by atoms with Crippen LogP contribution < -0.4 is 10.6 Å². The van der Waals surface area contributed by atoms with Gasteiger partial charge in [0.15, 0.2) is 6.10 Å². The SMILES string of the molecule is CC(C)CC[C@]1(C)NC(=O)N(CC(=O)O[C@@H](C)C(=O)Nc2ccc(C#N)cc2)C1=O. The average molecular weight is 414 g/mol. The van der Waals surface area contributed by atoms with E-state index in [9.17, 15) is 19.2 Å². The number of hydrogen-bond donors (Lipinski definition) is 2. The van der Waals surface area contributed by atoms with Crippen LogP contribution in [0.15, 0.2) is 24.3 Å². The van der Waals surface area contributed by atoms with Crippen molar-refractivity contribution in [2.75, 3.05) is 11.9 Å². The molecular formula is C21H26N4O5. The number of ether oxygens (including phenoxy) is 1. The van der Waals surface area contributed by atoms with Gasteiger partial charge in [0.1, 0.15) is 12.1 Å². The molecule has 4 amide bonds. The molecule has 2 rings (SSSR count). The third kappa shape index (κ3) is 5.56. The van der Waals surface area contributed by atoms with E-state index in [4.69, 9.17) is 10.00 Å². The summed E-state index contributed by atoms with van der Waals surface area (Å²) in [6, 6.07) is 7.50. The number of carbonyl (C=O) groups excluding carboxylic acids is 4. The summed E-state index contributed by atoms with van der Waals surface area (Å²) in [6.45, 7) is 6.48. The van der Waals surface area contributed by atoms with E-state index in [0.717, 1.165) is 11.3 Å². The van der Waals surface area contributed by atoms with Gasteiger partial charge in [-0.05, 0) is 56.9 Å². The molecule has 0 unspecified atom stereocenters. The van der Waals surface area contributed by atoms with E-state index >= 15 is 0 Å². The quantitative estimate of drug-likeness (QED) is 0.495. The number of amides is 4. The highest BCUT2D eigenvalue weighted by atomic mass is 16.5. The molecule has 30 heavy (non-hydrogen) atoms. The van der Waals surface area contributed by atoms with Crippen molar-refractivity contribution in [1.82, 2.24) is 10.2 Å². The average Bonchev–Trinajstić information content (AvgIpc) is 2.90. The van der Waals surface area contributed by atoms with Gasteiger partial charge < -0.3 is 15.4 Å². The van der Waals surface area contributed by atoms with Gasteiger partial charge in [0.25, 0.3) is 11.8 Å². The summed E-state index contributed by atoms with van der Waals surface area (Å²) in [7, 11) is 0. The molecule has 1 fully saturated rings. The standard InChI is InChI=1S/C21H26N4O5/c1-13(2)9-10-21(4)19(28)25(20(29)24-21)12-17(26)30-14(3)18(27)23-16-7-5-15(11-22)6-8-16/h5-8,13-14H,9-10,12H2,1-4H3,(H,23,27)(H,24,29)/t14-,21-/m0/s1. The van der Waals surface area contributed by atoms with Crippen LogP contribution in [-0.2, 0) is 19.1 Å². The fraction of sp³-hybridized carbons (Fsp3) is 0.476. The second kappa shape index (κ2) is 9.39. The number of benzene rings is 1. The first-order chi connectivity index (χ1) is 14.1. The van der Waals surface area contributed by atoms with Crippen molar-refractivity contribution < 1.29 is 23.9 Å². The Morgan fingerprint density at radius 3 is 2.43 bits per heavy atom. The molecule has 1 aromatic rings. The van der Waals surface area contributed by atoms with Crippen molar-refractivity contribution in [3.8, 4) is 6.07 Å². The van der Waals surface area contributed by atoms with Gasteiger partial charge in [-0.1, -0.05) is 13.8 Å². The van der Waals surface area contributed by atoms with Crippen molar-refractivity contribution >= 4 is 29.5 Å². The number of nitrogens with one attached hydrogen (secondary N) is 2. The number of carbonyl (C=O) groups is 4. The zero-order chi connectivity index (χ0) is 22.5. The maximum atomic E-state index is 12.6. The van der Waals surface area contributed by atoms with Crippen molar-refractivity contribution in [1.29, 1.82) is 5.26 Å². The van der Waals surface area contributed by atoms with Crippen LogP contribution in [0.3, 0.4) is 0 Å². The fourth-order valence-corrected chi connectivity index (χ4v) is 2.93. The molecule has 2 atom stereocenters. The fourth-order valence-electron chi connectivity index (χ4n) is 2.93. The molecule has 2 N–H and O–H groups in total. The van der Waals surface area contributed by atoms with E-state index in [1.165, 1.54) is 6.92 Å². The Hall–Kier alpha value is -3.41. The van der Waals surface area contributed by atoms with Crippen molar-refractivity contribution in [3.63, 3.8) is 0 Å². The Morgan fingerprint density at radius 2 is 1.87 bits per heavy atom. The number of imide groups is 1. The highest BCUT2D eigenvalue weighted by Gasteiger charge is 2.48. The van der Waals surface area contributed by atoms with Crippen molar-refractivity contribution in [2.45, 2.75) is 52.2 Å². The predicted octanol–water partition coefficient (Wildman–Crippen LogP) is 2.18. The lowest BCUT2D eigenvalue weighted by Crippen LogP contribution is -2.44. The summed E-state index contributed by atoms with van der Waals surface area (Å²) < 4.78 is 5.08. The first-order valence-electron chi connectivity index (χ1n) is 9.70. The summed E-state index contributed by atoms with van der Waals surface area (Å²) in [6.07, 6.45) is 0.0682. The van der Waals surface area contributed by atoms with E-state index < -0.39 is 42.0 Å². The van der Waals surface area contributed by atoms with Gasteiger partial charge in [-0.25, -0.2) is 4.79 Å². The molecule has 1 heterocycles. The molecule has 0 saturated carbocycles. The van der Waals surface area contributed by atoms with Crippen molar-refractivity contribution in [2.24, 2.45) is 5.92 Å². The summed E-state index contributed by atoms with van der Waals surface area (Å²) >= 11 is 0. The number of esters is 1. The second-order valence-electron chi connectivity index (χ2n) is 7.90. The van der Waals surface area contributed by atoms with Crippen LogP contribution >= 0.6 is 0 Å². The van der Waals surface area contributed by atoms with Crippen LogP contribution in [0.1, 0.15) is 46.1 Å². The highest BCUT2D eigenvalue weighted by molar-refractivity contribution is 6.08. The summed E-state index contributed by atoms with van der Waals surface area (Å²) in [5, 5.41) is 14.0. The predicted molar refractivity (Wildman–Crippen MR) is 108 cm³/mol. The molecule has 9 heteroatoms. The summed E-state index contributed by atoms with van der Waals surface area (Å²) in [5.74, 6) is -1.57. The normalized spacial score (nSPS) is 19.3. The molecule has 1 aromatic carbocycles. The van der Waals surface area contributed by atoms with Crippen LogP contribution in [0.2, 0.25) is 0 Å². The maximum Gasteiger partial charge on any atom is 0.327 e. The first-order valence-corrected chi connectivity index (χ1v) is 9.70. The number of hydrogen-bond acceptors (Lipinski definition) is 6. The molecule has 160 valence electrons. The van der Waals surface area contributed by atoms with Gasteiger partial charge in [-0.2, -0.15) is 5.26 Å². The lowest BCUT2D eigenvalue weighted by atomic mass is 9.92. The molecule has 1 aliphatic rings. The molecule has 9 nitrogen and oxygen atoms in total. The molecule has 0 spiro atoms. The van der Waals surface area contributed by atoms with E-state index in [2.05, 4.69) is 10.6 Å². The van der Waals surface area contributed by atoms with Crippen LogP contribution in [0.5, 0.6) is 0 Å². The number of anilines is 1. The lowest BCUT2D eigenvalue weighted by Gasteiger charge is -2.22. The van der Waals surface area contributed by atoms with E-state index in [1.807, 2.05) is 19.9 Å². The Labute approximate surface area is 175 Å². The number of rotatable bonds is 8. The van der Waals surface area contributed by atoms with Gasteiger partial charge in [-0.3, -0.25) is 19.3 Å². The Morgan fingerprint density at radius 1 is 1.23 bits per heavy atom. The second-order valence-corrected chi connectivity index (χ2v) is 7.90. The molecule has 0 radical (unpaired) electrons. The van der Waals surface area contributed by atoms with E-state index in [-0.39, 0.29) is 0 Å². The van der Waals surface area contributed by atoms with Crippen LogP contribution in [0.25, 0.3) is 0 Å². The number of nitriles is 1. The Balaban J connectivity index is 1.90. The minimum Gasteiger partial charge on any atom is -0.451 e. The molecular weight excluding hydrogens is 388 g/mol. The van der Waals surface area contributed by atoms with Gasteiger partial charge in [0.2, 0.25) is 0 Å². The smallest absolute Gasteiger partial charge is 0.327 e. The van der Waals surface area contributed by atoms with Gasteiger partial charge in [-0.15, -0.1) is 0 Å². The molecule has 1 saturated heterocycles. The third-order valence-corrected chi connectivity index (χ3v) is 4.81. The van der Waals surface area contributed by atoms with E-state index in [0.29, 0.717) is 23.6 Å². The maximum absolute atomic E-state index is 12.6. The molecule has 0 aromatic heterocycles. The van der Waals surface area contributed by atoms with Crippen molar-refractivity contribution in [3.05, 3.63) is 29.8 Å². The molecule has 1 aliphatic heterocycles. The zero-order valence-corrected chi connectivity index (χ0v) is 17.5. The van der Waals surface area contributed by atoms with Gasteiger partial charge >= 0.3 is 12.0 Å². The zero-order valence-electron chi connectivity index (χ0n) is 17.5. The van der Waals surface area contributed by atoms with Crippen LogP contribution in [0.4, 0.5) is 10.5 Å². The van der Waals surface area contributed by atoms with Gasteiger partial charge in [0.05, 0.1) is 11.6 Å². The molecule has 0 bridgehead atoms. The largest absolute Gasteiger partial charge is 0.451 e. The monoisotopic (exact) mass is 414 g/mol. The van der Waals surface area contributed by atoms with Crippen LogP contribution in [-0.4, -0.2) is 46.9 Å². The Bertz CT molecular complexity index is 874. The number of urea groups is 1. The number of nitrogens with zero attached hydrogens (tertiary/aromatic N) is 2. The molecule has 0 aliphatic carbocycles.